The predicted octanol–water partition coefficient (Wildman–Crippen LogP) is 4.73. The first-order valence-electron chi connectivity index (χ1n) is 8.84. The molecule has 0 bridgehead atoms. The number of hydrogen-bond donors (Lipinski definition) is 1. The third-order valence-electron chi connectivity index (χ3n) is 4.35. The molecule has 1 N–H and O–H groups in total. The summed E-state index contributed by atoms with van der Waals surface area (Å²) in [5.74, 6) is -0.662. The Hall–Kier alpha value is -1.94. The molecule has 0 aromatic heterocycles. The van der Waals surface area contributed by atoms with Crippen LogP contribution in [-0.4, -0.2) is 23.1 Å². The molecule has 1 heterocycles. The topological polar surface area (TPSA) is 38.7 Å². The smallest absolute Gasteiger partial charge is 0.163 e. The van der Waals surface area contributed by atoms with Crippen LogP contribution in [-0.2, 0) is 9.47 Å². The molecule has 1 aliphatic heterocycles. The molecule has 0 radical (unpaired) electrons. The summed E-state index contributed by atoms with van der Waals surface area (Å²) in [6.07, 6.45) is 4.85. The number of aliphatic hydroxyl groups excluding tert-OH is 1. The molecular weight excluding hydrogens is 312 g/mol. The van der Waals surface area contributed by atoms with Gasteiger partial charge < -0.3 is 14.6 Å². The predicted molar refractivity (Wildman–Crippen MR) is 99.9 cm³/mol. The summed E-state index contributed by atoms with van der Waals surface area (Å²) in [6, 6.07) is 19.9. The zero-order chi connectivity index (χ0) is 17.7. The molecule has 1 fully saturated rings. The molecule has 0 spiro atoms. The first-order valence-corrected chi connectivity index (χ1v) is 8.84. The maximum Gasteiger partial charge on any atom is 0.163 e. The third-order valence-corrected chi connectivity index (χ3v) is 4.35. The first kappa shape index (κ1) is 17.9. The van der Waals surface area contributed by atoms with Gasteiger partial charge in [-0.25, -0.2) is 0 Å². The van der Waals surface area contributed by atoms with Crippen molar-refractivity contribution in [3.63, 3.8) is 0 Å². The van der Waals surface area contributed by atoms with E-state index in [1.54, 1.807) is 0 Å². The largest absolute Gasteiger partial charge is 0.388 e. The SMILES string of the molecule is CC1(C)O[C@@H](C[C@@H](O)c2ccccc2)C[C@@H](/C=C/c2ccccc2)O1. The maximum absolute atomic E-state index is 10.5. The molecule has 1 aliphatic rings. The highest BCUT2D eigenvalue weighted by Crippen LogP contribution is 2.32. The minimum atomic E-state index is -0.662. The zero-order valence-electron chi connectivity index (χ0n) is 14.8. The molecule has 2 aromatic rings. The summed E-state index contributed by atoms with van der Waals surface area (Å²) in [4.78, 5) is 0. The summed E-state index contributed by atoms with van der Waals surface area (Å²) < 4.78 is 12.1. The number of ether oxygens (including phenoxy) is 2. The van der Waals surface area contributed by atoms with E-state index < -0.39 is 11.9 Å². The Balaban J connectivity index is 1.65. The average Bonchev–Trinajstić information content (AvgIpc) is 2.60. The van der Waals surface area contributed by atoms with Crippen LogP contribution in [0.3, 0.4) is 0 Å². The summed E-state index contributed by atoms with van der Waals surface area (Å²) in [7, 11) is 0. The summed E-state index contributed by atoms with van der Waals surface area (Å²) in [5, 5.41) is 10.5. The number of aliphatic hydroxyl groups is 1. The van der Waals surface area contributed by atoms with Gasteiger partial charge in [0.05, 0.1) is 18.3 Å². The minimum Gasteiger partial charge on any atom is -0.388 e. The Kier molecular flexibility index (Phi) is 5.69. The number of benzene rings is 2. The summed E-state index contributed by atoms with van der Waals surface area (Å²) in [6.45, 7) is 3.86. The fourth-order valence-electron chi connectivity index (χ4n) is 3.25. The van der Waals surface area contributed by atoms with Crippen molar-refractivity contribution in [3.05, 3.63) is 77.9 Å². The van der Waals surface area contributed by atoms with Crippen molar-refractivity contribution in [3.8, 4) is 0 Å². The summed E-state index contributed by atoms with van der Waals surface area (Å²) >= 11 is 0. The van der Waals surface area contributed by atoms with E-state index in [2.05, 4.69) is 24.3 Å². The van der Waals surface area contributed by atoms with Crippen molar-refractivity contribution in [1.82, 2.24) is 0 Å². The Morgan fingerprint density at radius 2 is 1.68 bits per heavy atom. The van der Waals surface area contributed by atoms with Gasteiger partial charge in [-0.3, -0.25) is 0 Å². The van der Waals surface area contributed by atoms with Gasteiger partial charge in [-0.2, -0.15) is 0 Å². The van der Waals surface area contributed by atoms with Gasteiger partial charge in [0.15, 0.2) is 5.79 Å². The molecule has 3 nitrogen and oxygen atoms in total. The Morgan fingerprint density at radius 3 is 2.36 bits per heavy atom. The molecule has 25 heavy (non-hydrogen) atoms. The van der Waals surface area contributed by atoms with Crippen LogP contribution < -0.4 is 0 Å². The fourth-order valence-corrected chi connectivity index (χ4v) is 3.25. The Morgan fingerprint density at radius 1 is 1.04 bits per heavy atom. The van der Waals surface area contributed by atoms with Crippen LogP contribution in [0, 0.1) is 0 Å². The van der Waals surface area contributed by atoms with Crippen LogP contribution >= 0.6 is 0 Å². The number of rotatable bonds is 5. The lowest BCUT2D eigenvalue weighted by molar-refractivity contribution is -0.293. The highest BCUT2D eigenvalue weighted by Gasteiger charge is 2.35. The van der Waals surface area contributed by atoms with E-state index >= 15 is 0 Å². The van der Waals surface area contributed by atoms with Crippen LogP contribution in [0.25, 0.3) is 6.08 Å². The lowest BCUT2D eigenvalue weighted by atomic mass is 9.98. The first-order chi connectivity index (χ1) is 12.0. The monoisotopic (exact) mass is 338 g/mol. The van der Waals surface area contributed by atoms with Gasteiger partial charge in [-0.15, -0.1) is 0 Å². The molecule has 0 unspecified atom stereocenters. The van der Waals surface area contributed by atoms with Crippen molar-refractivity contribution >= 4 is 6.08 Å². The average molecular weight is 338 g/mol. The van der Waals surface area contributed by atoms with Crippen molar-refractivity contribution in [1.29, 1.82) is 0 Å². The molecule has 2 aromatic carbocycles. The van der Waals surface area contributed by atoms with Crippen molar-refractivity contribution in [2.45, 2.75) is 50.8 Å². The quantitative estimate of drug-likeness (QED) is 0.856. The molecular formula is C22H26O3. The lowest BCUT2D eigenvalue weighted by Gasteiger charge is -2.40. The zero-order valence-corrected chi connectivity index (χ0v) is 14.8. The number of hydrogen-bond acceptors (Lipinski definition) is 3. The molecule has 0 aliphatic carbocycles. The van der Waals surface area contributed by atoms with Crippen molar-refractivity contribution in [2.75, 3.05) is 0 Å². The van der Waals surface area contributed by atoms with Gasteiger partial charge in [0.25, 0.3) is 0 Å². The van der Waals surface area contributed by atoms with Crippen LogP contribution in [0.2, 0.25) is 0 Å². The highest BCUT2D eigenvalue weighted by atomic mass is 16.7. The second-order valence-electron chi connectivity index (χ2n) is 6.96. The fraction of sp³-hybridized carbons (Fsp3) is 0.364. The third kappa shape index (κ3) is 5.27. The van der Waals surface area contributed by atoms with Gasteiger partial charge in [0.2, 0.25) is 0 Å². The van der Waals surface area contributed by atoms with Gasteiger partial charge >= 0.3 is 0 Å². The van der Waals surface area contributed by atoms with E-state index in [9.17, 15) is 5.11 Å². The van der Waals surface area contributed by atoms with Gasteiger partial charge in [-0.05, 0) is 25.0 Å². The van der Waals surface area contributed by atoms with E-state index in [-0.39, 0.29) is 12.2 Å². The second kappa shape index (κ2) is 7.96. The maximum atomic E-state index is 10.5. The van der Waals surface area contributed by atoms with Crippen LogP contribution in [0.4, 0.5) is 0 Å². The van der Waals surface area contributed by atoms with E-state index in [0.717, 1.165) is 17.5 Å². The van der Waals surface area contributed by atoms with E-state index in [1.165, 1.54) is 0 Å². The van der Waals surface area contributed by atoms with E-state index in [4.69, 9.17) is 9.47 Å². The molecule has 132 valence electrons. The van der Waals surface area contributed by atoms with Crippen molar-refractivity contribution in [2.24, 2.45) is 0 Å². The summed E-state index contributed by atoms with van der Waals surface area (Å²) in [5.41, 5.74) is 2.07. The van der Waals surface area contributed by atoms with Gasteiger partial charge in [0.1, 0.15) is 0 Å². The molecule has 0 saturated carbocycles. The highest BCUT2D eigenvalue weighted by molar-refractivity contribution is 5.49. The Bertz CT molecular complexity index is 679. The molecule has 3 rings (SSSR count). The minimum absolute atomic E-state index is 0.0306. The van der Waals surface area contributed by atoms with Crippen LogP contribution in [0.15, 0.2) is 66.7 Å². The van der Waals surface area contributed by atoms with Gasteiger partial charge in [0, 0.05) is 12.8 Å². The Labute approximate surface area is 149 Å². The molecule has 3 atom stereocenters. The normalized spacial score (nSPS) is 24.3. The van der Waals surface area contributed by atoms with Gasteiger partial charge in [-0.1, -0.05) is 72.8 Å². The van der Waals surface area contributed by atoms with E-state index in [0.29, 0.717) is 6.42 Å². The molecule has 1 saturated heterocycles. The van der Waals surface area contributed by atoms with Crippen LogP contribution in [0.1, 0.15) is 43.9 Å². The van der Waals surface area contributed by atoms with E-state index in [1.807, 2.05) is 62.4 Å². The molecule has 3 heteroatoms. The van der Waals surface area contributed by atoms with Crippen LogP contribution in [0.5, 0.6) is 0 Å². The second-order valence-corrected chi connectivity index (χ2v) is 6.96. The molecule has 0 amide bonds. The van der Waals surface area contributed by atoms with Crippen molar-refractivity contribution < 1.29 is 14.6 Å². The standard InChI is InChI=1S/C22H26O3/c1-22(2)24-19(14-13-17-9-5-3-6-10-17)15-20(25-22)16-21(23)18-11-7-4-8-12-18/h3-14,19-21,23H,15-16H2,1-2H3/b14-13+/t19-,20-,21-/m1/s1. The lowest BCUT2D eigenvalue weighted by Crippen LogP contribution is -2.44.